The first-order valence-electron chi connectivity index (χ1n) is 3.92. The van der Waals surface area contributed by atoms with E-state index in [1.54, 1.807) is 12.1 Å². The molecule has 0 fully saturated rings. The standard InChI is InChI=1S/C9H7N3O2/c1-5-6-3-2-4-7(12(13)14)8(6)9(10)11-5/h2-4H,1H2,(H2,10,11). The number of hydrogen-bond acceptors (Lipinski definition) is 4. The molecule has 70 valence electrons. The molecule has 1 aliphatic rings. The van der Waals surface area contributed by atoms with Crippen molar-refractivity contribution in [3.63, 3.8) is 0 Å². The van der Waals surface area contributed by atoms with Gasteiger partial charge in [-0.2, -0.15) is 0 Å². The summed E-state index contributed by atoms with van der Waals surface area (Å²) in [5.41, 5.74) is 7.02. The summed E-state index contributed by atoms with van der Waals surface area (Å²) in [5, 5.41) is 10.7. The first-order valence-corrected chi connectivity index (χ1v) is 3.92. The number of nitrogens with two attached hydrogens (primary N) is 1. The number of fused-ring (bicyclic) bond motifs is 1. The molecule has 1 aromatic rings. The second-order valence-corrected chi connectivity index (χ2v) is 2.90. The number of rotatable bonds is 1. The maximum atomic E-state index is 10.7. The minimum Gasteiger partial charge on any atom is -0.383 e. The summed E-state index contributed by atoms with van der Waals surface area (Å²) in [6, 6.07) is 4.71. The number of benzene rings is 1. The molecular formula is C9H7N3O2. The summed E-state index contributed by atoms with van der Waals surface area (Å²) < 4.78 is 0. The molecule has 0 saturated carbocycles. The maximum Gasteiger partial charge on any atom is 0.280 e. The van der Waals surface area contributed by atoms with Gasteiger partial charge in [0.05, 0.1) is 10.6 Å². The number of amidine groups is 1. The molecular weight excluding hydrogens is 182 g/mol. The molecule has 0 aromatic heterocycles. The van der Waals surface area contributed by atoms with Crippen molar-refractivity contribution in [3.05, 3.63) is 46.0 Å². The van der Waals surface area contributed by atoms with Crippen molar-refractivity contribution in [1.82, 2.24) is 0 Å². The smallest absolute Gasteiger partial charge is 0.280 e. The molecule has 2 rings (SSSR count). The third-order valence-electron chi connectivity index (χ3n) is 2.06. The molecule has 0 amide bonds. The van der Waals surface area contributed by atoms with Crippen LogP contribution in [0.5, 0.6) is 0 Å². The van der Waals surface area contributed by atoms with Crippen LogP contribution in [0, 0.1) is 10.1 Å². The summed E-state index contributed by atoms with van der Waals surface area (Å²) in [4.78, 5) is 14.1. The number of nitrogens with zero attached hydrogens (tertiary/aromatic N) is 2. The Morgan fingerprint density at radius 2 is 2.21 bits per heavy atom. The van der Waals surface area contributed by atoms with Crippen LogP contribution in [0.15, 0.2) is 29.8 Å². The predicted molar refractivity (Wildman–Crippen MR) is 52.9 cm³/mol. The first kappa shape index (κ1) is 8.43. The zero-order valence-corrected chi connectivity index (χ0v) is 7.23. The Balaban J connectivity index is 2.75. The van der Waals surface area contributed by atoms with Crippen LogP contribution < -0.4 is 5.73 Å². The lowest BCUT2D eigenvalue weighted by Crippen LogP contribution is -2.12. The van der Waals surface area contributed by atoms with E-state index >= 15 is 0 Å². The molecule has 5 heteroatoms. The third kappa shape index (κ3) is 0.990. The van der Waals surface area contributed by atoms with Crippen LogP contribution in [-0.4, -0.2) is 10.8 Å². The Bertz CT molecular complexity index is 477. The SMILES string of the molecule is C=C1N=C(N)c2c1cccc2[N+](=O)[O-]. The average Bonchev–Trinajstić information content (AvgIpc) is 2.43. The molecule has 0 atom stereocenters. The van der Waals surface area contributed by atoms with Crippen molar-refractivity contribution in [1.29, 1.82) is 0 Å². The molecule has 0 spiro atoms. The van der Waals surface area contributed by atoms with Crippen LogP contribution in [0.3, 0.4) is 0 Å². The molecule has 14 heavy (non-hydrogen) atoms. The van der Waals surface area contributed by atoms with E-state index in [0.717, 1.165) is 0 Å². The molecule has 0 bridgehead atoms. The van der Waals surface area contributed by atoms with Crippen LogP contribution in [0.25, 0.3) is 5.70 Å². The largest absolute Gasteiger partial charge is 0.383 e. The van der Waals surface area contributed by atoms with Gasteiger partial charge < -0.3 is 5.73 Å². The molecule has 2 N–H and O–H groups in total. The average molecular weight is 189 g/mol. The molecule has 0 unspecified atom stereocenters. The maximum absolute atomic E-state index is 10.7. The summed E-state index contributed by atoms with van der Waals surface area (Å²) >= 11 is 0. The van der Waals surface area contributed by atoms with Crippen LogP contribution >= 0.6 is 0 Å². The summed E-state index contributed by atoms with van der Waals surface area (Å²) in [5.74, 6) is 0.164. The Hall–Kier alpha value is -2.17. The predicted octanol–water partition coefficient (Wildman–Crippen LogP) is 1.28. The van der Waals surface area contributed by atoms with Crippen LogP contribution in [0.1, 0.15) is 11.1 Å². The van der Waals surface area contributed by atoms with E-state index in [-0.39, 0.29) is 11.5 Å². The lowest BCUT2D eigenvalue weighted by Gasteiger charge is -1.99. The van der Waals surface area contributed by atoms with Crippen LogP contribution in [0.2, 0.25) is 0 Å². The van der Waals surface area contributed by atoms with Crippen molar-refractivity contribution in [2.24, 2.45) is 10.7 Å². The monoisotopic (exact) mass is 189 g/mol. The zero-order valence-electron chi connectivity index (χ0n) is 7.23. The molecule has 0 saturated heterocycles. The van der Waals surface area contributed by atoms with E-state index in [2.05, 4.69) is 11.6 Å². The van der Waals surface area contributed by atoms with Gasteiger partial charge in [-0.15, -0.1) is 0 Å². The van der Waals surface area contributed by atoms with E-state index in [4.69, 9.17) is 5.73 Å². The van der Waals surface area contributed by atoms with Crippen molar-refractivity contribution in [2.45, 2.75) is 0 Å². The molecule has 0 radical (unpaired) electrons. The second-order valence-electron chi connectivity index (χ2n) is 2.90. The Morgan fingerprint density at radius 3 is 2.86 bits per heavy atom. The first-order chi connectivity index (χ1) is 6.61. The van der Waals surface area contributed by atoms with Gasteiger partial charge in [0.25, 0.3) is 5.69 Å². The zero-order chi connectivity index (χ0) is 10.3. The minimum atomic E-state index is -0.472. The van der Waals surface area contributed by atoms with E-state index in [1.165, 1.54) is 6.07 Å². The molecule has 1 heterocycles. The number of hydrogen-bond donors (Lipinski definition) is 1. The van der Waals surface area contributed by atoms with Crippen molar-refractivity contribution in [3.8, 4) is 0 Å². The third-order valence-corrected chi connectivity index (χ3v) is 2.06. The van der Waals surface area contributed by atoms with Gasteiger partial charge in [-0.05, 0) is 0 Å². The highest BCUT2D eigenvalue weighted by Crippen LogP contribution is 2.31. The molecule has 1 aromatic carbocycles. The van der Waals surface area contributed by atoms with Crippen LogP contribution in [0.4, 0.5) is 5.69 Å². The Morgan fingerprint density at radius 1 is 1.50 bits per heavy atom. The molecule has 5 nitrogen and oxygen atoms in total. The van der Waals surface area contributed by atoms with Crippen molar-refractivity contribution in [2.75, 3.05) is 0 Å². The summed E-state index contributed by atoms with van der Waals surface area (Å²) in [6.07, 6.45) is 0. The van der Waals surface area contributed by atoms with Crippen molar-refractivity contribution >= 4 is 17.2 Å². The van der Waals surface area contributed by atoms with Gasteiger partial charge in [-0.3, -0.25) is 10.1 Å². The highest BCUT2D eigenvalue weighted by atomic mass is 16.6. The topological polar surface area (TPSA) is 81.5 Å². The molecule has 0 aliphatic carbocycles. The fourth-order valence-electron chi connectivity index (χ4n) is 1.46. The fourth-order valence-corrected chi connectivity index (χ4v) is 1.46. The molecule has 1 aliphatic heterocycles. The van der Waals surface area contributed by atoms with Gasteiger partial charge in [0.1, 0.15) is 11.4 Å². The van der Waals surface area contributed by atoms with E-state index in [9.17, 15) is 10.1 Å². The van der Waals surface area contributed by atoms with E-state index in [0.29, 0.717) is 16.8 Å². The Kier molecular flexibility index (Phi) is 1.60. The van der Waals surface area contributed by atoms with Crippen molar-refractivity contribution < 1.29 is 4.92 Å². The Labute approximate surface area is 79.7 Å². The quantitative estimate of drug-likeness (QED) is 0.533. The minimum absolute atomic E-state index is 0.0256. The summed E-state index contributed by atoms with van der Waals surface area (Å²) in [6.45, 7) is 3.66. The normalized spacial score (nSPS) is 13.7. The fraction of sp³-hybridized carbons (Fsp3) is 0. The van der Waals surface area contributed by atoms with Gasteiger partial charge in [0.2, 0.25) is 0 Å². The van der Waals surface area contributed by atoms with E-state index < -0.39 is 4.92 Å². The van der Waals surface area contributed by atoms with Gasteiger partial charge in [-0.1, -0.05) is 18.7 Å². The van der Waals surface area contributed by atoms with E-state index in [1.807, 2.05) is 0 Å². The lowest BCUT2D eigenvalue weighted by molar-refractivity contribution is -0.385. The van der Waals surface area contributed by atoms with Crippen LogP contribution in [-0.2, 0) is 0 Å². The van der Waals surface area contributed by atoms with Gasteiger partial charge in [0, 0.05) is 11.6 Å². The summed E-state index contributed by atoms with van der Waals surface area (Å²) in [7, 11) is 0. The highest BCUT2D eigenvalue weighted by Gasteiger charge is 2.25. The van der Waals surface area contributed by atoms with Gasteiger partial charge in [-0.25, -0.2) is 4.99 Å². The van der Waals surface area contributed by atoms with Gasteiger partial charge >= 0.3 is 0 Å². The second kappa shape index (κ2) is 2.66. The lowest BCUT2D eigenvalue weighted by atomic mass is 10.1. The number of aliphatic imine (C=N–C) groups is 1. The number of nitro benzene ring substituents is 1. The van der Waals surface area contributed by atoms with Gasteiger partial charge in [0.15, 0.2) is 0 Å². The number of nitro groups is 1. The highest BCUT2D eigenvalue weighted by molar-refractivity contribution is 6.11.